The quantitative estimate of drug-likeness (QED) is 0.740. The first-order valence-corrected chi connectivity index (χ1v) is 9.72. The number of rotatable bonds is 4. The minimum atomic E-state index is -0.249. The summed E-state index contributed by atoms with van der Waals surface area (Å²) >= 11 is 0. The van der Waals surface area contributed by atoms with Gasteiger partial charge < -0.3 is 15.1 Å². The Morgan fingerprint density at radius 3 is 2.10 bits per heavy atom. The third-order valence-electron chi connectivity index (χ3n) is 5.17. The Balaban J connectivity index is 1.39. The topological polar surface area (TPSA) is 74.2 Å². The van der Waals surface area contributed by atoms with Gasteiger partial charge in [0.1, 0.15) is 17.3 Å². The van der Waals surface area contributed by atoms with Crippen molar-refractivity contribution in [3.63, 3.8) is 0 Å². The van der Waals surface area contributed by atoms with Crippen LogP contribution in [-0.4, -0.2) is 47.0 Å². The number of carbonyl (C=O) groups is 1. The van der Waals surface area contributed by atoms with E-state index in [0.29, 0.717) is 5.69 Å². The molecular formula is C22H24N6O. The number of aromatic nitrogens is 3. The third kappa shape index (κ3) is 4.18. The Bertz CT molecular complexity index is 962. The molecule has 0 bridgehead atoms. The molecule has 7 nitrogen and oxygen atoms in total. The largest absolute Gasteiger partial charge is 0.353 e. The van der Waals surface area contributed by atoms with Crippen molar-refractivity contribution in [2.24, 2.45) is 0 Å². The summed E-state index contributed by atoms with van der Waals surface area (Å²) in [4.78, 5) is 30.2. The molecule has 1 saturated heterocycles. The van der Waals surface area contributed by atoms with Crippen molar-refractivity contribution in [2.75, 3.05) is 41.3 Å². The summed E-state index contributed by atoms with van der Waals surface area (Å²) in [7, 11) is 0. The monoisotopic (exact) mass is 388 g/mol. The average Bonchev–Trinajstić information content (AvgIpc) is 2.77. The molecule has 7 heteroatoms. The summed E-state index contributed by atoms with van der Waals surface area (Å²) in [5.74, 6) is 1.53. The van der Waals surface area contributed by atoms with Gasteiger partial charge in [-0.15, -0.1) is 0 Å². The fourth-order valence-corrected chi connectivity index (χ4v) is 3.50. The molecule has 1 fully saturated rings. The van der Waals surface area contributed by atoms with Crippen molar-refractivity contribution >= 4 is 23.2 Å². The maximum atomic E-state index is 12.6. The molecule has 0 radical (unpaired) electrons. The van der Waals surface area contributed by atoms with Gasteiger partial charge in [0.2, 0.25) is 0 Å². The molecule has 0 unspecified atom stereocenters. The van der Waals surface area contributed by atoms with Gasteiger partial charge >= 0.3 is 0 Å². The van der Waals surface area contributed by atoms with Crippen LogP contribution in [0.2, 0.25) is 0 Å². The van der Waals surface area contributed by atoms with Crippen molar-refractivity contribution in [3.05, 3.63) is 71.8 Å². The number of para-hydroxylation sites is 1. The lowest BCUT2D eigenvalue weighted by atomic mass is 10.1. The number of hydrogen-bond donors (Lipinski definition) is 1. The highest BCUT2D eigenvalue weighted by Crippen LogP contribution is 2.20. The Morgan fingerprint density at radius 1 is 0.828 bits per heavy atom. The van der Waals surface area contributed by atoms with Crippen molar-refractivity contribution in [3.8, 4) is 0 Å². The SMILES string of the molecule is Cc1cccc(C)c1NC(=O)c1cnc(N2CCN(c3ccccn3)CC2)cn1. The third-order valence-corrected chi connectivity index (χ3v) is 5.17. The van der Waals surface area contributed by atoms with Crippen LogP contribution in [0.15, 0.2) is 55.0 Å². The predicted molar refractivity (Wildman–Crippen MR) is 115 cm³/mol. The van der Waals surface area contributed by atoms with E-state index >= 15 is 0 Å². The highest BCUT2D eigenvalue weighted by Gasteiger charge is 2.20. The number of hydrogen-bond acceptors (Lipinski definition) is 6. The molecule has 3 aromatic rings. The van der Waals surface area contributed by atoms with Gasteiger partial charge in [-0.05, 0) is 37.1 Å². The summed E-state index contributed by atoms with van der Waals surface area (Å²) in [6.07, 6.45) is 5.04. The Morgan fingerprint density at radius 2 is 1.52 bits per heavy atom. The molecule has 1 N–H and O–H groups in total. The second kappa shape index (κ2) is 8.26. The van der Waals surface area contributed by atoms with Crippen molar-refractivity contribution < 1.29 is 4.79 Å². The van der Waals surface area contributed by atoms with Gasteiger partial charge in [-0.25, -0.2) is 15.0 Å². The second-order valence-corrected chi connectivity index (χ2v) is 7.14. The van der Waals surface area contributed by atoms with E-state index in [-0.39, 0.29) is 5.91 Å². The van der Waals surface area contributed by atoms with Crippen LogP contribution in [0.5, 0.6) is 0 Å². The number of nitrogens with zero attached hydrogens (tertiary/aromatic N) is 5. The molecule has 0 atom stereocenters. The van der Waals surface area contributed by atoms with E-state index < -0.39 is 0 Å². The van der Waals surface area contributed by atoms with Gasteiger partial charge in [0.15, 0.2) is 0 Å². The molecule has 29 heavy (non-hydrogen) atoms. The minimum absolute atomic E-state index is 0.249. The fraction of sp³-hybridized carbons (Fsp3) is 0.273. The van der Waals surface area contributed by atoms with E-state index in [1.54, 1.807) is 12.4 Å². The molecule has 1 aliphatic heterocycles. The first kappa shape index (κ1) is 18.9. The molecule has 148 valence electrons. The summed E-state index contributed by atoms with van der Waals surface area (Å²) in [6.45, 7) is 7.35. The molecule has 0 saturated carbocycles. The number of nitrogens with one attached hydrogen (secondary N) is 1. The number of anilines is 3. The fourth-order valence-electron chi connectivity index (χ4n) is 3.50. The molecule has 4 rings (SSSR count). The zero-order valence-electron chi connectivity index (χ0n) is 16.7. The van der Waals surface area contributed by atoms with Crippen molar-refractivity contribution in [1.82, 2.24) is 15.0 Å². The molecule has 0 spiro atoms. The normalized spacial score (nSPS) is 14.0. The number of carbonyl (C=O) groups excluding carboxylic acids is 1. The smallest absolute Gasteiger partial charge is 0.275 e. The molecular weight excluding hydrogens is 364 g/mol. The summed E-state index contributed by atoms with van der Waals surface area (Å²) in [5.41, 5.74) is 3.18. The lowest BCUT2D eigenvalue weighted by Crippen LogP contribution is -2.47. The zero-order valence-corrected chi connectivity index (χ0v) is 16.7. The predicted octanol–water partition coefficient (Wildman–Crippen LogP) is 3.07. The number of pyridine rings is 1. The van der Waals surface area contributed by atoms with Crippen LogP contribution in [0.1, 0.15) is 21.6 Å². The van der Waals surface area contributed by atoms with Gasteiger partial charge in [0.05, 0.1) is 12.4 Å². The Kier molecular flexibility index (Phi) is 5.37. The molecule has 2 aromatic heterocycles. The first-order chi connectivity index (χ1) is 14.1. The molecule has 0 aliphatic carbocycles. The Labute approximate surface area is 170 Å². The van der Waals surface area contributed by atoms with E-state index in [2.05, 4.69) is 30.1 Å². The van der Waals surface area contributed by atoms with Gasteiger partial charge in [-0.1, -0.05) is 24.3 Å². The molecule has 1 aromatic carbocycles. The lowest BCUT2D eigenvalue weighted by Gasteiger charge is -2.35. The number of benzene rings is 1. The molecule has 1 amide bonds. The van der Waals surface area contributed by atoms with E-state index in [9.17, 15) is 4.79 Å². The zero-order chi connectivity index (χ0) is 20.2. The number of piperazine rings is 1. The van der Waals surface area contributed by atoms with Gasteiger partial charge in [-0.2, -0.15) is 0 Å². The highest BCUT2D eigenvalue weighted by atomic mass is 16.1. The second-order valence-electron chi connectivity index (χ2n) is 7.14. The van der Waals surface area contributed by atoms with Crippen LogP contribution < -0.4 is 15.1 Å². The highest BCUT2D eigenvalue weighted by molar-refractivity contribution is 6.03. The van der Waals surface area contributed by atoms with Gasteiger partial charge in [0, 0.05) is 38.1 Å². The first-order valence-electron chi connectivity index (χ1n) is 9.72. The summed E-state index contributed by atoms with van der Waals surface area (Å²) in [6, 6.07) is 11.9. The van der Waals surface area contributed by atoms with Crippen LogP contribution in [-0.2, 0) is 0 Å². The van der Waals surface area contributed by atoms with Crippen molar-refractivity contribution in [1.29, 1.82) is 0 Å². The number of amides is 1. The molecule has 1 aliphatic rings. The van der Waals surface area contributed by atoms with Crippen LogP contribution >= 0.6 is 0 Å². The maximum Gasteiger partial charge on any atom is 0.275 e. The van der Waals surface area contributed by atoms with Crippen LogP contribution in [0.25, 0.3) is 0 Å². The maximum absolute atomic E-state index is 12.6. The van der Waals surface area contributed by atoms with Crippen LogP contribution in [0.3, 0.4) is 0 Å². The minimum Gasteiger partial charge on any atom is -0.353 e. The lowest BCUT2D eigenvalue weighted by molar-refractivity contribution is 0.102. The van der Waals surface area contributed by atoms with Crippen molar-refractivity contribution in [2.45, 2.75) is 13.8 Å². The standard InChI is InChI=1S/C22H24N6O/c1-16-6-5-7-17(2)21(16)26-22(29)18-14-25-20(15-24-18)28-12-10-27(11-13-28)19-8-3-4-9-23-19/h3-9,14-15H,10-13H2,1-2H3,(H,26,29). The summed E-state index contributed by atoms with van der Waals surface area (Å²) < 4.78 is 0. The van der Waals surface area contributed by atoms with Gasteiger partial charge in [-0.3, -0.25) is 4.79 Å². The molecule has 3 heterocycles. The Hall–Kier alpha value is -3.48. The van der Waals surface area contributed by atoms with E-state index in [0.717, 1.165) is 54.6 Å². The van der Waals surface area contributed by atoms with Crippen LogP contribution in [0.4, 0.5) is 17.3 Å². The number of aryl methyl sites for hydroxylation is 2. The van der Waals surface area contributed by atoms with Gasteiger partial charge in [0.25, 0.3) is 5.91 Å². The van der Waals surface area contributed by atoms with E-state index in [1.807, 2.05) is 56.4 Å². The van der Waals surface area contributed by atoms with E-state index in [1.165, 1.54) is 0 Å². The van der Waals surface area contributed by atoms with E-state index in [4.69, 9.17) is 0 Å². The van der Waals surface area contributed by atoms with Crippen LogP contribution in [0, 0.1) is 13.8 Å². The average molecular weight is 388 g/mol. The summed E-state index contributed by atoms with van der Waals surface area (Å²) in [5, 5.41) is 2.95.